The van der Waals surface area contributed by atoms with Crippen LogP contribution in [-0.2, 0) is 0 Å². The van der Waals surface area contributed by atoms with Crippen LogP contribution in [0.3, 0.4) is 0 Å². The Morgan fingerprint density at radius 1 is 1.12 bits per heavy atom. The predicted molar refractivity (Wildman–Crippen MR) is 118 cm³/mol. The number of rotatable bonds is 9. The first-order valence-electron chi connectivity index (χ1n) is 9.89. The zero-order chi connectivity index (χ0) is 24.0. The van der Waals surface area contributed by atoms with E-state index in [2.05, 4.69) is 10.2 Å². The fourth-order valence-corrected chi connectivity index (χ4v) is 3.03. The summed E-state index contributed by atoms with van der Waals surface area (Å²) in [6, 6.07) is 12.3. The molecule has 0 amide bonds. The van der Waals surface area contributed by atoms with Crippen molar-refractivity contribution in [3.05, 3.63) is 76.1 Å². The summed E-state index contributed by atoms with van der Waals surface area (Å²) in [4.78, 5) is 21.9. The molecule has 10 heteroatoms. The molecular formula is C23H20FN3O6. The summed E-state index contributed by atoms with van der Waals surface area (Å²) in [5, 5.41) is 28.1. The van der Waals surface area contributed by atoms with Crippen molar-refractivity contribution in [1.82, 2.24) is 0 Å². The van der Waals surface area contributed by atoms with Gasteiger partial charge >= 0.3 is 5.97 Å². The molecule has 170 valence electrons. The summed E-state index contributed by atoms with van der Waals surface area (Å²) in [5.74, 6) is -1.48. The zero-order valence-corrected chi connectivity index (χ0v) is 17.8. The van der Waals surface area contributed by atoms with Crippen molar-refractivity contribution in [3.8, 4) is 22.6 Å². The summed E-state index contributed by atoms with van der Waals surface area (Å²) in [7, 11) is 1.42. The van der Waals surface area contributed by atoms with Crippen molar-refractivity contribution in [3.63, 3.8) is 0 Å². The van der Waals surface area contributed by atoms with Crippen LogP contribution in [0.4, 0.5) is 21.5 Å². The molecule has 3 rings (SSSR count). The van der Waals surface area contributed by atoms with Crippen molar-refractivity contribution in [2.75, 3.05) is 13.7 Å². The van der Waals surface area contributed by atoms with E-state index in [1.165, 1.54) is 55.6 Å². The first kappa shape index (κ1) is 23.3. The molecule has 0 radical (unpaired) electrons. The first-order chi connectivity index (χ1) is 15.8. The van der Waals surface area contributed by atoms with Gasteiger partial charge in [-0.25, -0.2) is 9.18 Å². The fraction of sp³-hybridized carbons (Fsp3) is 0.174. The third-order valence-electron chi connectivity index (χ3n) is 4.59. The van der Waals surface area contributed by atoms with Crippen LogP contribution in [-0.4, -0.2) is 29.7 Å². The van der Waals surface area contributed by atoms with Gasteiger partial charge in [-0.05, 0) is 48.4 Å². The van der Waals surface area contributed by atoms with E-state index in [1.807, 2.05) is 6.92 Å². The number of aromatic carboxylic acids is 1. The van der Waals surface area contributed by atoms with E-state index in [4.69, 9.17) is 9.47 Å². The molecule has 3 aromatic carbocycles. The van der Waals surface area contributed by atoms with Crippen molar-refractivity contribution in [2.24, 2.45) is 10.2 Å². The van der Waals surface area contributed by atoms with Gasteiger partial charge in [0.1, 0.15) is 22.7 Å². The predicted octanol–water partition coefficient (Wildman–Crippen LogP) is 6.31. The van der Waals surface area contributed by atoms with Crippen molar-refractivity contribution in [2.45, 2.75) is 13.3 Å². The summed E-state index contributed by atoms with van der Waals surface area (Å²) < 4.78 is 25.9. The number of carboxylic acids is 1. The highest BCUT2D eigenvalue weighted by Gasteiger charge is 2.22. The molecule has 0 heterocycles. The van der Waals surface area contributed by atoms with Crippen molar-refractivity contribution in [1.29, 1.82) is 0 Å². The summed E-state index contributed by atoms with van der Waals surface area (Å²) in [6.45, 7) is 2.15. The molecular weight excluding hydrogens is 433 g/mol. The molecule has 0 aromatic heterocycles. The molecule has 0 unspecified atom stereocenters. The van der Waals surface area contributed by atoms with Crippen LogP contribution in [0.5, 0.6) is 11.5 Å². The van der Waals surface area contributed by atoms with Gasteiger partial charge in [0, 0.05) is 12.1 Å². The third-order valence-corrected chi connectivity index (χ3v) is 4.59. The highest BCUT2D eigenvalue weighted by Crippen LogP contribution is 2.42. The molecule has 0 fully saturated rings. The molecule has 0 aliphatic heterocycles. The van der Waals surface area contributed by atoms with Gasteiger partial charge in [-0.15, -0.1) is 5.11 Å². The van der Waals surface area contributed by atoms with Gasteiger partial charge in [-0.2, -0.15) is 5.11 Å². The maximum atomic E-state index is 14.8. The minimum atomic E-state index is -1.18. The Balaban J connectivity index is 2.00. The molecule has 1 N–H and O–H groups in total. The van der Waals surface area contributed by atoms with Gasteiger partial charge in [0.05, 0.1) is 29.9 Å². The van der Waals surface area contributed by atoms with Crippen LogP contribution in [0.1, 0.15) is 23.7 Å². The summed E-state index contributed by atoms with van der Waals surface area (Å²) in [5.41, 5.74) is 0.734. The molecule has 0 bridgehead atoms. The second-order valence-corrected chi connectivity index (χ2v) is 6.81. The van der Waals surface area contributed by atoms with Crippen molar-refractivity contribution >= 4 is 23.0 Å². The molecule has 0 spiro atoms. The van der Waals surface area contributed by atoms with E-state index in [1.54, 1.807) is 6.07 Å². The van der Waals surface area contributed by atoms with Crippen LogP contribution in [0, 0.1) is 15.9 Å². The van der Waals surface area contributed by atoms with E-state index in [-0.39, 0.29) is 29.3 Å². The first-order valence-corrected chi connectivity index (χ1v) is 9.89. The fourth-order valence-electron chi connectivity index (χ4n) is 3.03. The second kappa shape index (κ2) is 10.3. The lowest BCUT2D eigenvalue weighted by Crippen LogP contribution is -2.06. The smallest absolute Gasteiger partial charge is 0.339 e. The number of non-ortho nitro benzene ring substituents is 1. The summed E-state index contributed by atoms with van der Waals surface area (Å²) >= 11 is 0. The lowest BCUT2D eigenvalue weighted by Gasteiger charge is -2.17. The van der Waals surface area contributed by atoms with E-state index >= 15 is 0 Å². The highest BCUT2D eigenvalue weighted by molar-refractivity contribution is 5.96. The normalized spacial score (nSPS) is 10.9. The molecule has 0 aliphatic carbocycles. The number of carbonyl (C=O) groups is 1. The van der Waals surface area contributed by atoms with Gasteiger partial charge < -0.3 is 14.6 Å². The van der Waals surface area contributed by atoms with E-state index in [9.17, 15) is 24.4 Å². The Bertz CT molecular complexity index is 1210. The number of azo groups is 1. The Morgan fingerprint density at radius 3 is 2.42 bits per heavy atom. The molecule has 0 atom stereocenters. The average molecular weight is 453 g/mol. The Kier molecular flexibility index (Phi) is 7.29. The Hall–Kier alpha value is -4.34. The van der Waals surface area contributed by atoms with Crippen LogP contribution < -0.4 is 9.47 Å². The monoisotopic (exact) mass is 453 g/mol. The van der Waals surface area contributed by atoms with Crippen molar-refractivity contribution < 1.29 is 28.7 Å². The maximum Gasteiger partial charge on any atom is 0.339 e. The zero-order valence-electron chi connectivity index (χ0n) is 17.8. The van der Waals surface area contributed by atoms with E-state index in [0.717, 1.165) is 0 Å². The number of ether oxygens (including phenoxy) is 2. The third kappa shape index (κ3) is 5.29. The minimum absolute atomic E-state index is 0.0680. The van der Waals surface area contributed by atoms with Gasteiger partial charge in [0.2, 0.25) is 0 Å². The van der Waals surface area contributed by atoms with Crippen LogP contribution in [0.2, 0.25) is 0 Å². The lowest BCUT2D eigenvalue weighted by atomic mass is 9.99. The number of carboxylic acid groups (broad SMARTS) is 1. The van der Waals surface area contributed by atoms with Gasteiger partial charge in [0.25, 0.3) is 5.69 Å². The summed E-state index contributed by atoms with van der Waals surface area (Å²) in [6.07, 6.45) is 0.645. The number of hydrogen-bond donors (Lipinski definition) is 1. The highest BCUT2D eigenvalue weighted by atomic mass is 19.1. The number of methoxy groups -OCH3 is 1. The lowest BCUT2D eigenvalue weighted by molar-refractivity contribution is -0.384. The van der Waals surface area contributed by atoms with Crippen LogP contribution in [0.25, 0.3) is 11.1 Å². The standard InChI is InChI=1S/C23H20FN3O6/c1-3-12-33-22-17(23(28)29)9-11-20(32-2)21(22)14-4-10-19(18(24)13-14)26-25-15-5-7-16(8-6-15)27(30)31/h4-11,13H,3,12H2,1-2H3,(H,28,29). The number of benzene rings is 3. The number of nitrogens with zero attached hydrogens (tertiary/aromatic N) is 3. The maximum absolute atomic E-state index is 14.8. The average Bonchev–Trinajstić information content (AvgIpc) is 2.81. The number of nitro benzene ring substituents is 1. The van der Waals surface area contributed by atoms with Gasteiger partial charge in [-0.1, -0.05) is 13.0 Å². The van der Waals surface area contributed by atoms with Gasteiger partial charge in [0.15, 0.2) is 5.82 Å². The Morgan fingerprint density at radius 2 is 1.85 bits per heavy atom. The topological polar surface area (TPSA) is 124 Å². The molecule has 0 saturated carbocycles. The van der Waals surface area contributed by atoms with E-state index < -0.39 is 16.7 Å². The SMILES string of the molecule is CCCOc1c(C(=O)O)ccc(OC)c1-c1ccc(N=Nc2ccc([N+](=O)[O-])cc2)c(F)c1. The van der Waals surface area contributed by atoms with Crippen LogP contribution >= 0.6 is 0 Å². The molecule has 3 aromatic rings. The number of hydrogen-bond acceptors (Lipinski definition) is 7. The Labute approximate surface area is 188 Å². The van der Waals surface area contributed by atoms with Crippen LogP contribution in [0.15, 0.2) is 64.8 Å². The minimum Gasteiger partial charge on any atom is -0.496 e. The number of nitro groups is 1. The molecule has 33 heavy (non-hydrogen) atoms. The van der Waals surface area contributed by atoms with Gasteiger partial charge in [-0.3, -0.25) is 10.1 Å². The number of halogens is 1. The molecule has 9 nitrogen and oxygen atoms in total. The molecule has 0 aliphatic rings. The second-order valence-electron chi connectivity index (χ2n) is 6.81. The quantitative estimate of drug-likeness (QED) is 0.230. The largest absolute Gasteiger partial charge is 0.496 e. The van der Waals surface area contributed by atoms with E-state index in [0.29, 0.717) is 29.0 Å². The molecule has 0 saturated heterocycles.